The maximum atomic E-state index is 2.41. The molecule has 3 atom stereocenters. The second-order valence-electron chi connectivity index (χ2n) is 3.90. The molecule has 0 heteroatoms. The fraction of sp³-hybridized carbons (Fsp3) is 0.636. The lowest BCUT2D eigenvalue weighted by molar-refractivity contribution is 0.398. The van der Waals surface area contributed by atoms with Crippen LogP contribution in [0.3, 0.4) is 0 Å². The molecular formula is C11H16. The van der Waals surface area contributed by atoms with Crippen molar-refractivity contribution in [3.8, 4) is 0 Å². The SMILES string of the molecule is C/C=C1/CC(C)C2CC=CC12. The molecule has 0 bridgehead atoms. The molecule has 0 amide bonds. The fourth-order valence-corrected chi connectivity index (χ4v) is 2.63. The van der Waals surface area contributed by atoms with Gasteiger partial charge in [0.05, 0.1) is 0 Å². The van der Waals surface area contributed by atoms with Crippen LogP contribution >= 0.6 is 0 Å². The highest BCUT2D eigenvalue weighted by molar-refractivity contribution is 5.24. The van der Waals surface area contributed by atoms with Gasteiger partial charge in [0.1, 0.15) is 0 Å². The Morgan fingerprint density at radius 2 is 2.36 bits per heavy atom. The molecule has 1 saturated carbocycles. The first kappa shape index (κ1) is 7.15. The maximum Gasteiger partial charge on any atom is 0.00106 e. The molecule has 0 radical (unpaired) electrons. The van der Waals surface area contributed by atoms with Crippen LogP contribution in [0.4, 0.5) is 0 Å². The Bertz CT molecular complexity index is 210. The lowest BCUT2D eigenvalue weighted by Crippen LogP contribution is -2.05. The minimum atomic E-state index is 0.815. The Labute approximate surface area is 69.0 Å². The molecule has 1 fully saturated rings. The standard InChI is InChI=1S/C11H16/c1-3-9-7-8(2)10-5-4-6-11(9)10/h3-4,6,8,10-11H,5,7H2,1-2H3/b9-3-. The first-order valence-corrected chi connectivity index (χ1v) is 4.64. The summed E-state index contributed by atoms with van der Waals surface area (Å²) in [6.45, 7) is 4.57. The van der Waals surface area contributed by atoms with Gasteiger partial charge in [0.15, 0.2) is 0 Å². The van der Waals surface area contributed by atoms with Crippen LogP contribution < -0.4 is 0 Å². The van der Waals surface area contributed by atoms with E-state index < -0.39 is 0 Å². The monoisotopic (exact) mass is 148 g/mol. The summed E-state index contributed by atoms with van der Waals surface area (Å²) in [6.07, 6.45) is 9.74. The minimum Gasteiger partial charge on any atom is -0.0878 e. The van der Waals surface area contributed by atoms with E-state index in [2.05, 4.69) is 32.1 Å². The molecule has 0 spiro atoms. The predicted molar refractivity (Wildman–Crippen MR) is 48.3 cm³/mol. The van der Waals surface area contributed by atoms with Crippen LogP contribution in [0.5, 0.6) is 0 Å². The second kappa shape index (κ2) is 2.51. The zero-order valence-electron chi connectivity index (χ0n) is 7.38. The molecule has 60 valence electrons. The van der Waals surface area contributed by atoms with Crippen molar-refractivity contribution in [2.24, 2.45) is 17.8 Å². The topological polar surface area (TPSA) is 0 Å². The van der Waals surface area contributed by atoms with E-state index in [4.69, 9.17) is 0 Å². The van der Waals surface area contributed by atoms with E-state index in [1.165, 1.54) is 12.8 Å². The van der Waals surface area contributed by atoms with Gasteiger partial charge in [-0.15, -0.1) is 0 Å². The first-order valence-electron chi connectivity index (χ1n) is 4.64. The Morgan fingerprint density at radius 3 is 3.09 bits per heavy atom. The highest BCUT2D eigenvalue weighted by Crippen LogP contribution is 2.46. The number of hydrogen-bond donors (Lipinski definition) is 0. The third-order valence-electron chi connectivity index (χ3n) is 3.30. The van der Waals surface area contributed by atoms with Gasteiger partial charge in [-0.05, 0) is 31.6 Å². The smallest absolute Gasteiger partial charge is 0.00106 e. The zero-order valence-corrected chi connectivity index (χ0v) is 7.38. The maximum absolute atomic E-state index is 2.41. The molecule has 0 N–H and O–H groups in total. The normalized spacial score (nSPS) is 45.3. The van der Waals surface area contributed by atoms with Crippen LogP contribution in [0.15, 0.2) is 23.8 Å². The van der Waals surface area contributed by atoms with Gasteiger partial charge in [-0.1, -0.05) is 30.7 Å². The van der Waals surface area contributed by atoms with Gasteiger partial charge in [0.25, 0.3) is 0 Å². The van der Waals surface area contributed by atoms with Crippen molar-refractivity contribution in [3.63, 3.8) is 0 Å². The van der Waals surface area contributed by atoms with Gasteiger partial charge in [-0.25, -0.2) is 0 Å². The summed E-state index contributed by atoms with van der Waals surface area (Å²) in [4.78, 5) is 0. The summed E-state index contributed by atoms with van der Waals surface area (Å²) in [6, 6.07) is 0. The van der Waals surface area contributed by atoms with Crippen molar-refractivity contribution in [1.82, 2.24) is 0 Å². The summed E-state index contributed by atoms with van der Waals surface area (Å²) in [7, 11) is 0. The quantitative estimate of drug-likeness (QED) is 0.463. The molecule has 0 aliphatic heterocycles. The summed E-state index contributed by atoms with van der Waals surface area (Å²) < 4.78 is 0. The number of rotatable bonds is 0. The summed E-state index contributed by atoms with van der Waals surface area (Å²) in [5.74, 6) is 2.68. The van der Waals surface area contributed by atoms with E-state index in [-0.39, 0.29) is 0 Å². The van der Waals surface area contributed by atoms with Crippen LogP contribution in [0, 0.1) is 17.8 Å². The van der Waals surface area contributed by atoms with Gasteiger partial charge >= 0.3 is 0 Å². The number of hydrogen-bond acceptors (Lipinski definition) is 0. The molecule has 2 aliphatic rings. The average Bonchev–Trinajstić information content (AvgIpc) is 2.54. The van der Waals surface area contributed by atoms with E-state index in [0.29, 0.717) is 0 Å². The Morgan fingerprint density at radius 1 is 1.55 bits per heavy atom. The molecule has 0 nitrogen and oxygen atoms in total. The third-order valence-corrected chi connectivity index (χ3v) is 3.30. The zero-order chi connectivity index (χ0) is 7.84. The number of fused-ring (bicyclic) bond motifs is 1. The Balaban J connectivity index is 2.25. The molecule has 11 heavy (non-hydrogen) atoms. The molecule has 3 unspecified atom stereocenters. The molecule has 0 heterocycles. The Hall–Kier alpha value is -0.520. The van der Waals surface area contributed by atoms with Crippen LogP contribution in [0.25, 0.3) is 0 Å². The Kier molecular flexibility index (Phi) is 1.63. The van der Waals surface area contributed by atoms with Crippen molar-refractivity contribution in [2.45, 2.75) is 26.7 Å². The average molecular weight is 148 g/mol. The van der Waals surface area contributed by atoms with E-state index in [0.717, 1.165) is 17.8 Å². The van der Waals surface area contributed by atoms with E-state index in [1.54, 1.807) is 5.57 Å². The van der Waals surface area contributed by atoms with Gasteiger partial charge < -0.3 is 0 Å². The molecule has 0 aromatic rings. The van der Waals surface area contributed by atoms with Crippen LogP contribution in [-0.2, 0) is 0 Å². The van der Waals surface area contributed by atoms with Crippen LogP contribution in [0.1, 0.15) is 26.7 Å². The van der Waals surface area contributed by atoms with Gasteiger partial charge in [0.2, 0.25) is 0 Å². The van der Waals surface area contributed by atoms with E-state index >= 15 is 0 Å². The predicted octanol–water partition coefficient (Wildman–Crippen LogP) is 3.16. The van der Waals surface area contributed by atoms with Crippen molar-refractivity contribution in [3.05, 3.63) is 23.8 Å². The molecular weight excluding hydrogens is 132 g/mol. The first-order chi connectivity index (χ1) is 5.33. The third kappa shape index (κ3) is 0.962. The van der Waals surface area contributed by atoms with Crippen molar-refractivity contribution < 1.29 is 0 Å². The summed E-state index contributed by atoms with van der Waals surface area (Å²) >= 11 is 0. The van der Waals surface area contributed by atoms with E-state index in [9.17, 15) is 0 Å². The van der Waals surface area contributed by atoms with Crippen molar-refractivity contribution >= 4 is 0 Å². The molecule has 2 aliphatic carbocycles. The molecule has 0 aromatic carbocycles. The van der Waals surface area contributed by atoms with Gasteiger partial charge in [0, 0.05) is 5.92 Å². The molecule has 0 aromatic heterocycles. The summed E-state index contributed by atoms with van der Waals surface area (Å²) in [5, 5.41) is 0. The largest absolute Gasteiger partial charge is 0.0878 e. The molecule has 0 saturated heterocycles. The van der Waals surface area contributed by atoms with Crippen LogP contribution in [0.2, 0.25) is 0 Å². The highest BCUT2D eigenvalue weighted by atomic mass is 14.4. The lowest BCUT2D eigenvalue weighted by atomic mass is 9.92. The molecule has 2 rings (SSSR count). The number of allylic oxidation sites excluding steroid dienone is 4. The van der Waals surface area contributed by atoms with Gasteiger partial charge in [-0.3, -0.25) is 0 Å². The minimum absolute atomic E-state index is 0.815. The second-order valence-corrected chi connectivity index (χ2v) is 3.90. The van der Waals surface area contributed by atoms with Crippen molar-refractivity contribution in [1.29, 1.82) is 0 Å². The van der Waals surface area contributed by atoms with Gasteiger partial charge in [-0.2, -0.15) is 0 Å². The van der Waals surface area contributed by atoms with Crippen LogP contribution in [-0.4, -0.2) is 0 Å². The summed E-state index contributed by atoms with van der Waals surface area (Å²) in [5.41, 5.74) is 1.68. The lowest BCUT2D eigenvalue weighted by Gasteiger charge is -2.12. The fourth-order valence-electron chi connectivity index (χ4n) is 2.63. The highest BCUT2D eigenvalue weighted by Gasteiger charge is 2.36. The van der Waals surface area contributed by atoms with Crippen molar-refractivity contribution in [2.75, 3.05) is 0 Å². The van der Waals surface area contributed by atoms with E-state index in [1.807, 2.05) is 0 Å².